The number of hydrogen-bond donors (Lipinski definition) is 1. The highest BCUT2D eigenvalue weighted by Gasteiger charge is 2.28. The fourth-order valence-corrected chi connectivity index (χ4v) is 2.72. The van der Waals surface area contributed by atoms with E-state index >= 15 is 0 Å². The Bertz CT molecular complexity index is 644. The summed E-state index contributed by atoms with van der Waals surface area (Å²) in [5, 5.41) is 3.30. The second-order valence-corrected chi connectivity index (χ2v) is 5.52. The Morgan fingerprint density at radius 3 is 2.86 bits per heavy atom. The second kappa shape index (κ2) is 5.56. The number of aryl methyl sites for hydroxylation is 1. The van der Waals surface area contributed by atoms with Crippen molar-refractivity contribution in [1.29, 1.82) is 0 Å². The summed E-state index contributed by atoms with van der Waals surface area (Å²) < 4.78 is 0. The highest BCUT2D eigenvalue weighted by molar-refractivity contribution is 5.87. The topological polar surface area (TPSA) is 45.2 Å². The molecule has 1 aliphatic heterocycles. The van der Waals surface area contributed by atoms with E-state index < -0.39 is 0 Å². The molecule has 3 rings (SSSR count). The number of nitrogens with zero attached hydrogens (tertiary/aromatic N) is 2. The van der Waals surface area contributed by atoms with Crippen LogP contribution in [0.1, 0.15) is 17.0 Å². The minimum Gasteiger partial charge on any atom is -0.373 e. The van der Waals surface area contributed by atoms with E-state index in [4.69, 9.17) is 0 Å². The van der Waals surface area contributed by atoms with Crippen LogP contribution in [0.5, 0.6) is 0 Å². The van der Waals surface area contributed by atoms with Gasteiger partial charge in [-0.1, -0.05) is 24.3 Å². The molecule has 108 valence electrons. The number of nitrogens with one attached hydrogen (secondary N) is 1. The molecule has 0 saturated carbocycles. The lowest BCUT2D eigenvalue weighted by atomic mass is 10.1. The molecular formula is C17H19N3O. The Morgan fingerprint density at radius 2 is 2.10 bits per heavy atom. The Hall–Kier alpha value is -2.36. The number of carbonyl (C=O) groups excluding carboxylic acids is 1. The van der Waals surface area contributed by atoms with Crippen LogP contribution in [-0.2, 0) is 17.8 Å². The summed E-state index contributed by atoms with van der Waals surface area (Å²) in [6.45, 7) is 2.50. The van der Waals surface area contributed by atoms with Crippen LogP contribution in [0.15, 0.2) is 42.5 Å². The normalized spacial score (nSPS) is 16.2. The molecule has 0 unspecified atom stereocenters. The van der Waals surface area contributed by atoms with Crippen molar-refractivity contribution in [1.82, 2.24) is 9.88 Å². The highest BCUT2D eigenvalue weighted by Crippen LogP contribution is 2.26. The molecule has 0 fully saturated rings. The van der Waals surface area contributed by atoms with Crippen molar-refractivity contribution in [3.63, 3.8) is 0 Å². The Balaban J connectivity index is 1.66. The molecule has 1 aromatic carbocycles. The van der Waals surface area contributed by atoms with Crippen molar-refractivity contribution in [2.45, 2.75) is 25.9 Å². The molecule has 1 N–H and O–H groups in total. The van der Waals surface area contributed by atoms with Gasteiger partial charge in [0.05, 0.1) is 12.2 Å². The summed E-state index contributed by atoms with van der Waals surface area (Å²) in [5.41, 5.74) is 4.16. The average Bonchev–Trinajstić information content (AvgIpc) is 2.90. The number of rotatable bonds is 3. The van der Waals surface area contributed by atoms with E-state index in [0.717, 1.165) is 23.5 Å². The molecule has 0 bridgehead atoms. The van der Waals surface area contributed by atoms with Crippen molar-refractivity contribution < 1.29 is 4.79 Å². The number of fused-ring (bicyclic) bond motifs is 1. The molecule has 0 radical (unpaired) electrons. The summed E-state index contributed by atoms with van der Waals surface area (Å²) >= 11 is 0. The quantitative estimate of drug-likeness (QED) is 0.939. The van der Waals surface area contributed by atoms with Crippen LogP contribution in [0.4, 0.5) is 5.69 Å². The molecule has 1 aromatic heterocycles. The maximum atomic E-state index is 12.5. The van der Waals surface area contributed by atoms with Gasteiger partial charge in [0.25, 0.3) is 0 Å². The van der Waals surface area contributed by atoms with Crippen molar-refractivity contribution in [3.05, 3.63) is 59.4 Å². The SMILES string of the molecule is Cc1cccc(CN(C)C(=O)[C@@H]2Cc3ccccc3N2)n1. The third kappa shape index (κ3) is 2.89. The molecule has 0 saturated heterocycles. The number of hydrogen-bond acceptors (Lipinski definition) is 3. The average molecular weight is 281 g/mol. The molecule has 0 spiro atoms. The van der Waals surface area contributed by atoms with E-state index in [0.29, 0.717) is 6.54 Å². The summed E-state index contributed by atoms with van der Waals surface area (Å²) in [6, 6.07) is 13.8. The first kappa shape index (κ1) is 13.6. The van der Waals surface area contributed by atoms with Crippen molar-refractivity contribution in [2.75, 3.05) is 12.4 Å². The molecule has 2 heterocycles. The van der Waals surface area contributed by atoms with Crippen molar-refractivity contribution >= 4 is 11.6 Å². The van der Waals surface area contributed by atoms with Gasteiger partial charge >= 0.3 is 0 Å². The van der Waals surface area contributed by atoms with Gasteiger partial charge in [0.2, 0.25) is 5.91 Å². The predicted molar refractivity (Wildman–Crippen MR) is 83.0 cm³/mol. The van der Waals surface area contributed by atoms with Gasteiger partial charge in [-0.15, -0.1) is 0 Å². The molecule has 4 nitrogen and oxygen atoms in total. The Kier molecular flexibility index (Phi) is 3.60. The standard InChI is InChI=1S/C17H19N3O/c1-12-6-5-8-14(18-12)11-20(2)17(21)16-10-13-7-3-4-9-15(13)19-16/h3-9,16,19H,10-11H2,1-2H3/t16-/m0/s1. The Labute approximate surface area is 124 Å². The minimum atomic E-state index is -0.169. The molecule has 0 aliphatic carbocycles. The maximum absolute atomic E-state index is 12.5. The first-order valence-electron chi connectivity index (χ1n) is 7.15. The fourth-order valence-electron chi connectivity index (χ4n) is 2.72. The van der Waals surface area contributed by atoms with Gasteiger partial charge in [0.15, 0.2) is 0 Å². The zero-order valence-electron chi connectivity index (χ0n) is 12.3. The van der Waals surface area contributed by atoms with Gasteiger partial charge in [-0.05, 0) is 30.7 Å². The number of benzene rings is 1. The van der Waals surface area contributed by atoms with Crippen LogP contribution in [0.2, 0.25) is 0 Å². The predicted octanol–water partition coefficient (Wildman–Crippen LogP) is 2.39. The van der Waals surface area contributed by atoms with Gasteiger partial charge < -0.3 is 10.2 Å². The zero-order chi connectivity index (χ0) is 14.8. The van der Waals surface area contributed by atoms with Crippen molar-refractivity contribution in [2.24, 2.45) is 0 Å². The van der Waals surface area contributed by atoms with Gasteiger partial charge in [0, 0.05) is 24.8 Å². The molecule has 21 heavy (non-hydrogen) atoms. The molecular weight excluding hydrogens is 262 g/mol. The van der Waals surface area contributed by atoms with E-state index in [-0.39, 0.29) is 11.9 Å². The van der Waals surface area contributed by atoms with Crippen LogP contribution < -0.4 is 5.32 Å². The number of carbonyl (C=O) groups is 1. The van der Waals surface area contributed by atoms with E-state index in [9.17, 15) is 4.79 Å². The first-order chi connectivity index (χ1) is 10.1. The zero-order valence-corrected chi connectivity index (χ0v) is 12.3. The van der Waals surface area contributed by atoms with Gasteiger partial charge in [-0.25, -0.2) is 0 Å². The summed E-state index contributed by atoms with van der Waals surface area (Å²) in [6.07, 6.45) is 0.751. The number of aromatic nitrogens is 1. The Morgan fingerprint density at radius 1 is 1.29 bits per heavy atom. The molecule has 1 aliphatic rings. The number of likely N-dealkylation sites (N-methyl/N-ethyl adjacent to an activating group) is 1. The van der Waals surface area contributed by atoms with E-state index in [1.807, 2.05) is 50.4 Å². The number of pyridine rings is 1. The summed E-state index contributed by atoms with van der Waals surface area (Å²) in [7, 11) is 1.83. The molecule has 1 atom stereocenters. The largest absolute Gasteiger partial charge is 0.373 e. The summed E-state index contributed by atoms with van der Waals surface area (Å²) in [5.74, 6) is 0.106. The second-order valence-electron chi connectivity index (χ2n) is 5.52. The highest BCUT2D eigenvalue weighted by atomic mass is 16.2. The van der Waals surface area contributed by atoms with Gasteiger partial charge in [-0.3, -0.25) is 9.78 Å². The van der Waals surface area contributed by atoms with Crippen LogP contribution >= 0.6 is 0 Å². The summed E-state index contributed by atoms with van der Waals surface area (Å²) in [4.78, 5) is 18.7. The van der Waals surface area contributed by atoms with Crippen molar-refractivity contribution in [3.8, 4) is 0 Å². The monoisotopic (exact) mass is 281 g/mol. The van der Waals surface area contributed by atoms with E-state index in [2.05, 4.69) is 16.4 Å². The van der Waals surface area contributed by atoms with Crippen LogP contribution in [0.25, 0.3) is 0 Å². The van der Waals surface area contributed by atoms with Gasteiger partial charge in [0.1, 0.15) is 6.04 Å². The van der Waals surface area contributed by atoms with Gasteiger partial charge in [-0.2, -0.15) is 0 Å². The minimum absolute atomic E-state index is 0.106. The van der Waals surface area contributed by atoms with Crippen LogP contribution in [-0.4, -0.2) is 28.9 Å². The first-order valence-corrected chi connectivity index (χ1v) is 7.15. The smallest absolute Gasteiger partial charge is 0.245 e. The van der Waals surface area contributed by atoms with Crippen LogP contribution in [0, 0.1) is 6.92 Å². The lowest BCUT2D eigenvalue weighted by Gasteiger charge is -2.21. The molecule has 2 aromatic rings. The van der Waals surface area contributed by atoms with E-state index in [1.54, 1.807) is 4.90 Å². The third-order valence-electron chi connectivity index (χ3n) is 3.79. The lowest BCUT2D eigenvalue weighted by molar-refractivity contribution is -0.131. The van der Waals surface area contributed by atoms with Crippen LogP contribution in [0.3, 0.4) is 0 Å². The number of anilines is 1. The number of amides is 1. The fraction of sp³-hybridized carbons (Fsp3) is 0.294. The molecule has 4 heteroatoms. The molecule has 1 amide bonds. The third-order valence-corrected chi connectivity index (χ3v) is 3.79. The number of para-hydroxylation sites is 1. The lowest BCUT2D eigenvalue weighted by Crippen LogP contribution is -2.39. The van der Waals surface area contributed by atoms with E-state index in [1.165, 1.54) is 5.56 Å². The maximum Gasteiger partial charge on any atom is 0.245 e.